The van der Waals surface area contributed by atoms with Crippen LogP contribution in [0.1, 0.15) is 18.1 Å². The van der Waals surface area contributed by atoms with E-state index in [1.807, 2.05) is 35.2 Å². The van der Waals surface area contributed by atoms with Crippen molar-refractivity contribution < 1.29 is 9.90 Å². The number of aliphatic hydroxyl groups is 1. The van der Waals surface area contributed by atoms with Crippen molar-refractivity contribution in [2.45, 2.75) is 18.9 Å². The van der Waals surface area contributed by atoms with Gasteiger partial charge in [0.25, 0.3) is 0 Å². The molecule has 0 aliphatic carbocycles. The summed E-state index contributed by atoms with van der Waals surface area (Å²) in [6.07, 6.45) is 2.07. The van der Waals surface area contributed by atoms with E-state index in [0.29, 0.717) is 5.02 Å². The third-order valence-corrected chi connectivity index (χ3v) is 4.77. The van der Waals surface area contributed by atoms with Crippen LogP contribution in [0.3, 0.4) is 0 Å². The first-order chi connectivity index (χ1) is 11.0. The Bertz CT molecular complexity index is 824. The van der Waals surface area contributed by atoms with E-state index in [4.69, 9.17) is 11.6 Å². The number of hydrogen-bond acceptors (Lipinski definition) is 3. The number of aromatic nitrogens is 1. The smallest absolute Gasteiger partial charge is 0.224 e. The zero-order chi connectivity index (χ0) is 16.4. The fourth-order valence-corrected chi connectivity index (χ4v) is 3.44. The molecule has 3 rings (SSSR count). The molecule has 2 aromatic heterocycles. The largest absolute Gasteiger partial charge is 0.384 e. The average molecular weight is 349 g/mol. The Kier molecular flexibility index (Phi) is 4.43. The fraction of sp³-hybridized carbons (Fsp3) is 0.235. The summed E-state index contributed by atoms with van der Waals surface area (Å²) in [5.41, 5.74) is 1.56. The summed E-state index contributed by atoms with van der Waals surface area (Å²) in [4.78, 5) is 15.3. The van der Waals surface area contributed by atoms with E-state index in [1.165, 1.54) is 11.3 Å². The first-order valence-electron chi connectivity index (χ1n) is 7.23. The Labute approximate surface area is 143 Å². The van der Waals surface area contributed by atoms with Crippen molar-refractivity contribution in [2.24, 2.45) is 0 Å². The third-order valence-electron chi connectivity index (χ3n) is 3.85. The molecule has 1 amide bonds. The lowest BCUT2D eigenvalue weighted by molar-refractivity contribution is -0.121. The highest BCUT2D eigenvalue weighted by atomic mass is 35.5. The van der Waals surface area contributed by atoms with Gasteiger partial charge in [0.1, 0.15) is 5.60 Å². The molecule has 4 nitrogen and oxygen atoms in total. The molecular formula is C17H17ClN2O2S. The Morgan fingerprint density at radius 2 is 2.26 bits per heavy atom. The highest BCUT2D eigenvalue weighted by Gasteiger charge is 2.24. The van der Waals surface area contributed by atoms with Gasteiger partial charge in [0.15, 0.2) is 0 Å². The van der Waals surface area contributed by atoms with Gasteiger partial charge in [-0.2, -0.15) is 11.3 Å². The molecule has 2 heterocycles. The van der Waals surface area contributed by atoms with Crippen molar-refractivity contribution in [1.82, 2.24) is 10.3 Å². The van der Waals surface area contributed by atoms with Gasteiger partial charge < -0.3 is 15.4 Å². The lowest BCUT2D eigenvalue weighted by Crippen LogP contribution is -2.39. The first-order valence-corrected chi connectivity index (χ1v) is 8.55. The minimum atomic E-state index is -1.07. The molecule has 0 aliphatic heterocycles. The van der Waals surface area contributed by atoms with Crippen LogP contribution in [-0.4, -0.2) is 22.5 Å². The number of amides is 1. The van der Waals surface area contributed by atoms with E-state index >= 15 is 0 Å². The summed E-state index contributed by atoms with van der Waals surface area (Å²) < 4.78 is 0. The van der Waals surface area contributed by atoms with Gasteiger partial charge in [0.2, 0.25) is 5.91 Å². The van der Waals surface area contributed by atoms with Crippen LogP contribution in [0.2, 0.25) is 5.02 Å². The molecule has 120 valence electrons. The Hall–Kier alpha value is -1.82. The fourth-order valence-electron chi connectivity index (χ4n) is 2.48. The molecule has 0 spiro atoms. The molecule has 6 heteroatoms. The van der Waals surface area contributed by atoms with Crippen LogP contribution in [0, 0.1) is 0 Å². The number of fused-ring (bicyclic) bond motifs is 1. The average Bonchev–Trinajstić information content (AvgIpc) is 3.16. The summed E-state index contributed by atoms with van der Waals surface area (Å²) in [5.74, 6) is -0.128. The van der Waals surface area contributed by atoms with E-state index in [9.17, 15) is 9.90 Å². The first kappa shape index (κ1) is 16.1. The highest BCUT2D eigenvalue weighted by Crippen LogP contribution is 2.23. The molecule has 3 N–H and O–H groups in total. The molecule has 0 radical (unpaired) electrons. The molecule has 0 fully saturated rings. The van der Waals surface area contributed by atoms with Crippen LogP contribution < -0.4 is 5.32 Å². The van der Waals surface area contributed by atoms with Gasteiger partial charge in [0.05, 0.1) is 13.0 Å². The SMILES string of the molecule is CC(O)(CNC(=O)Cc1c[nH]c2cc(Cl)ccc12)c1ccsc1. The molecule has 0 bridgehead atoms. The van der Waals surface area contributed by atoms with E-state index in [2.05, 4.69) is 10.3 Å². The van der Waals surface area contributed by atoms with Crippen LogP contribution in [-0.2, 0) is 16.8 Å². The third kappa shape index (κ3) is 3.58. The maximum Gasteiger partial charge on any atom is 0.224 e. The topological polar surface area (TPSA) is 65.1 Å². The van der Waals surface area contributed by atoms with Crippen LogP contribution in [0.5, 0.6) is 0 Å². The number of rotatable bonds is 5. The molecule has 3 aromatic rings. The van der Waals surface area contributed by atoms with Crippen LogP contribution in [0.4, 0.5) is 0 Å². The van der Waals surface area contributed by atoms with Crippen molar-refractivity contribution in [2.75, 3.05) is 6.54 Å². The van der Waals surface area contributed by atoms with Crippen LogP contribution in [0.25, 0.3) is 10.9 Å². The summed E-state index contributed by atoms with van der Waals surface area (Å²) in [5, 5.41) is 18.6. The predicted octanol–water partition coefficient (Wildman–Crippen LogP) is 3.45. The number of H-pyrrole nitrogens is 1. The van der Waals surface area contributed by atoms with Gasteiger partial charge in [0, 0.05) is 22.1 Å². The molecule has 1 unspecified atom stereocenters. The van der Waals surface area contributed by atoms with E-state index in [1.54, 1.807) is 13.0 Å². The maximum absolute atomic E-state index is 12.2. The number of hydrogen-bond donors (Lipinski definition) is 3. The Morgan fingerprint density at radius 3 is 3.00 bits per heavy atom. The Morgan fingerprint density at radius 1 is 1.43 bits per heavy atom. The van der Waals surface area contributed by atoms with Gasteiger partial charge in [-0.1, -0.05) is 17.7 Å². The summed E-state index contributed by atoms with van der Waals surface area (Å²) in [7, 11) is 0. The minimum Gasteiger partial charge on any atom is -0.384 e. The molecular weight excluding hydrogens is 332 g/mol. The molecule has 0 saturated heterocycles. The van der Waals surface area contributed by atoms with E-state index < -0.39 is 5.60 Å². The quantitative estimate of drug-likeness (QED) is 0.661. The second-order valence-corrected chi connectivity index (χ2v) is 6.96. The molecule has 0 aliphatic rings. The van der Waals surface area contributed by atoms with Gasteiger partial charge in [-0.3, -0.25) is 4.79 Å². The zero-order valence-corrected chi connectivity index (χ0v) is 14.2. The maximum atomic E-state index is 12.2. The van der Waals surface area contributed by atoms with Gasteiger partial charge >= 0.3 is 0 Å². The zero-order valence-electron chi connectivity index (χ0n) is 12.6. The standard InChI is InChI=1S/C17H17ClN2O2S/c1-17(22,12-4-5-23-9-12)10-20-16(21)6-11-8-19-15-7-13(18)2-3-14(11)15/h2-5,7-9,19,22H,6,10H2,1H3,(H,20,21). The predicted molar refractivity (Wildman–Crippen MR) is 93.9 cm³/mol. The van der Waals surface area contributed by atoms with Gasteiger partial charge in [-0.25, -0.2) is 0 Å². The second kappa shape index (κ2) is 6.35. The van der Waals surface area contributed by atoms with Crippen molar-refractivity contribution in [3.63, 3.8) is 0 Å². The lowest BCUT2D eigenvalue weighted by Gasteiger charge is -2.22. The van der Waals surface area contributed by atoms with Crippen molar-refractivity contribution in [3.05, 3.63) is 57.4 Å². The van der Waals surface area contributed by atoms with Gasteiger partial charge in [-0.15, -0.1) is 0 Å². The number of halogens is 1. The minimum absolute atomic E-state index is 0.128. The number of nitrogens with one attached hydrogen (secondary N) is 2. The molecule has 23 heavy (non-hydrogen) atoms. The number of carbonyl (C=O) groups is 1. The van der Waals surface area contributed by atoms with Crippen molar-refractivity contribution >= 4 is 39.7 Å². The normalized spacial score (nSPS) is 13.9. The van der Waals surface area contributed by atoms with Crippen molar-refractivity contribution in [3.8, 4) is 0 Å². The van der Waals surface area contributed by atoms with Crippen molar-refractivity contribution in [1.29, 1.82) is 0 Å². The van der Waals surface area contributed by atoms with Gasteiger partial charge in [-0.05, 0) is 47.0 Å². The molecule has 1 atom stereocenters. The number of benzene rings is 1. The summed E-state index contributed by atoms with van der Waals surface area (Å²) in [6.45, 7) is 1.87. The highest BCUT2D eigenvalue weighted by molar-refractivity contribution is 7.08. The van der Waals surface area contributed by atoms with Crippen LogP contribution in [0.15, 0.2) is 41.2 Å². The summed E-state index contributed by atoms with van der Waals surface area (Å²) in [6, 6.07) is 7.40. The number of carbonyl (C=O) groups excluding carboxylic acids is 1. The summed E-state index contributed by atoms with van der Waals surface area (Å²) >= 11 is 7.48. The second-order valence-electron chi connectivity index (χ2n) is 5.74. The molecule has 1 aromatic carbocycles. The van der Waals surface area contributed by atoms with Crippen LogP contribution >= 0.6 is 22.9 Å². The lowest BCUT2D eigenvalue weighted by atomic mass is 9.99. The molecule has 0 saturated carbocycles. The number of aromatic amines is 1. The monoisotopic (exact) mass is 348 g/mol. The van der Waals surface area contributed by atoms with E-state index in [0.717, 1.165) is 22.0 Å². The Balaban J connectivity index is 1.65. The van der Waals surface area contributed by atoms with E-state index in [-0.39, 0.29) is 18.9 Å². The number of thiophene rings is 1.